The van der Waals surface area contributed by atoms with E-state index in [4.69, 9.17) is 5.73 Å². The van der Waals surface area contributed by atoms with Crippen LogP contribution in [0.15, 0.2) is 24.5 Å². The molecule has 10 heavy (non-hydrogen) atoms. The fraction of sp³-hybridized carbons (Fsp3) is 0.500. The van der Waals surface area contributed by atoms with Gasteiger partial charge in [-0.1, -0.05) is 0 Å². The lowest BCUT2D eigenvalue weighted by Crippen LogP contribution is -2.27. The zero-order chi connectivity index (χ0) is 7.03. The van der Waals surface area contributed by atoms with Crippen LogP contribution in [0, 0.1) is 0 Å². The van der Waals surface area contributed by atoms with Crippen LogP contribution < -0.4 is 5.73 Å². The highest BCUT2D eigenvalue weighted by Gasteiger charge is 2.37. The molecule has 1 aromatic rings. The molecule has 54 valence electrons. The van der Waals surface area contributed by atoms with Crippen molar-refractivity contribution in [2.75, 3.05) is 0 Å². The first kappa shape index (κ1) is 5.98. The van der Waals surface area contributed by atoms with Crippen molar-refractivity contribution in [2.24, 2.45) is 5.73 Å². The van der Waals surface area contributed by atoms with E-state index in [1.807, 2.05) is 12.1 Å². The van der Waals surface area contributed by atoms with Gasteiger partial charge in [0.25, 0.3) is 0 Å². The maximum absolute atomic E-state index is 5.92. The zero-order valence-electron chi connectivity index (χ0n) is 5.96. The van der Waals surface area contributed by atoms with Crippen molar-refractivity contribution >= 4 is 0 Å². The number of nitrogens with zero attached hydrogens (tertiary/aromatic N) is 1. The van der Waals surface area contributed by atoms with E-state index >= 15 is 0 Å². The van der Waals surface area contributed by atoms with Crippen LogP contribution in [0.4, 0.5) is 0 Å². The molecule has 2 rings (SSSR count). The van der Waals surface area contributed by atoms with E-state index in [9.17, 15) is 0 Å². The second-order valence-corrected chi connectivity index (χ2v) is 3.22. The largest absolute Gasteiger partial charge is 0.352 e. The molecule has 0 bridgehead atoms. The third kappa shape index (κ3) is 1.07. The highest BCUT2D eigenvalue weighted by Crippen LogP contribution is 2.33. The standard InChI is InChI=1S/C8H12N2/c9-8(3-4-8)7-10-5-1-2-6-10/h1-2,5-6H,3-4,7,9H2. The summed E-state index contributed by atoms with van der Waals surface area (Å²) in [5, 5.41) is 0. The van der Waals surface area contributed by atoms with Gasteiger partial charge in [-0.15, -0.1) is 0 Å². The summed E-state index contributed by atoms with van der Waals surface area (Å²) in [4.78, 5) is 0. The summed E-state index contributed by atoms with van der Waals surface area (Å²) in [6, 6.07) is 4.07. The molecular weight excluding hydrogens is 124 g/mol. The molecule has 1 aliphatic carbocycles. The van der Waals surface area contributed by atoms with Crippen LogP contribution in [0.5, 0.6) is 0 Å². The monoisotopic (exact) mass is 136 g/mol. The number of aromatic nitrogens is 1. The van der Waals surface area contributed by atoms with Crippen molar-refractivity contribution < 1.29 is 0 Å². The summed E-state index contributed by atoms with van der Waals surface area (Å²) < 4.78 is 2.15. The fourth-order valence-corrected chi connectivity index (χ4v) is 1.16. The minimum Gasteiger partial charge on any atom is -0.352 e. The molecule has 2 N–H and O–H groups in total. The van der Waals surface area contributed by atoms with Crippen molar-refractivity contribution in [3.63, 3.8) is 0 Å². The SMILES string of the molecule is NC1(Cn2cccc2)CC1. The van der Waals surface area contributed by atoms with Gasteiger partial charge in [0, 0.05) is 24.5 Å². The first-order valence-electron chi connectivity index (χ1n) is 3.68. The lowest BCUT2D eigenvalue weighted by atomic mass is 10.3. The van der Waals surface area contributed by atoms with Crippen molar-refractivity contribution in [1.82, 2.24) is 4.57 Å². The normalized spacial score (nSPS) is 20.9. The van der Waals surface area contributed by atoms with Gasteiger partial charge in [-0.05, 0) is 25.0 Å². The zero-order valence-corrected chi connectivity index (χ0v) is 5.96. The topological polar surface area (TPSA) is 30.9 Å². The van der Waals surface area contributed by atoms with Gasteiger partial charge in [0.1, 0.15) is 0 Å². The van der Waals surface area contributed by atoms with Crippen LogP contribution in [0.25, 0.3) is 0 Å². The Morgan fingerprint density at radius 3 is 2.40 bits per heavy atom. The summed E-state index contributed by atoms with van der Waals surface area (Å²) in [6.45, 7) is 0.986. The van der Waals surface area contributed by atoms with E-state index in [2.05, 4.69) is 17.0 Å². The van der Waals surface area contributed by atoms with Crippen LogP contribution in [0.2, 0.25) is 0 Å². The minimum absolute atomic E-state index is 0.138. The second kappa shape index (κ2) is 1.86. The van der Waals surface area contributed by atoms with E-state index in [0.29, 0.717) is 0 Å². The van der Waals surface area contributed by atoms with Gasteiger partial charge >= 0.3 is 0 Å². The molecular formula is C8H12N2. The van der Waals surface area contributed by atoms with Crippen molar-refractivity contribution in [3.8, 4) is 0 Å². The van der Waals surface area contributed by atoms with Crippen LogP contribution in [-0.2, 0) is 6.54 Å². The minimum atomic E-state index is 0.138. The molecule has 1 aliphatic rings. The van der Waals surface area contributed by atoms with Gasteiger partial charge in [-0.2, -0.15) is 0 Å². The molecule has 1 saturated carbocycles. The molecule has 0 spiro atoms. The molecule has 0 aromatic carbocycles. The highest BCUT2D eigenvalue weighted by molar-refractivity contribution is 5.01. The molecule has 0 saturated heterocycles. The Labute approximate surface area is 60.6 Å². The molecule has 1 heterocycles. The average molecular weight is 136 g/mol. The van der Waals surface area contributed by atoms with Gasteiger partial charge in [-0.3, -0.25) is 0 Å². The number of hydrogen-bond donors (Lipinski definition) is 1. The second-order valence-electron chi connectivity index (χ2n) is 3.22. The van der Waals surface area contributed by atoms with Crippen LogP contribution in [0.3, 0.4) is 0 Å². The number of hydrogen-bond acceptors (Lipinski definition) is 1. The third-order valence-electron chi connectivity index (χ3n) is 2.06. The Hall–Kier alpha value is -0.760. The highest BCUT2D eigenvalue weighted by atomic mass is 15.0. The van der Waals surface area contributed by atoms with Crippen LogP contribution in [0.1, 0.15) is 12.8 Å². The van der Waals surface area contributed by atoms with Gasteiger partial charge in [0.05, 0.1) is 0 Å². The summed E-state index contributed by atoms with van der Waals surface area (Å²) in [7, 11) is 0. The maximum atomic E-state index is 5.92. The molecule has 2 heteroatoms. The van der Waals surface area contributed by atoms with E-state index in [1.165, 1.54) is 12.8 Å². The quantitative estimate of drug-likeness (QED) is 0.645. The average Bonchev–Trinajstić information content (AvgIpc) is 2.47. The number of nitrogens with two attached hydrogens (primary N) is 1. The van der Waals surface area contributed by atoms with Gasteiger partial charge < -0.3 is 10.3 Å². The van der Waals surface area contributed by atoms with E-state index in [-0.39, 0.29) is 5.54 Å². The molecule has 0 atom stereocenters. The molecule has 0 amide bonds. The lowest BCUT2D eigenvalue weighted by Gasteiger charge is -2.08. The molecule has 2 nitrogen and oxygen atoms in total. The molecule has 0 radical (unpaired) electrons. The first-order chi connectivity index (χ1) is 4.79. The molecule has 1 fully saturated rings. The van der Waals surface area contributed by atoms with Gasteiger partial charge in [-0.25, -0.2) is 0 Å². The van der Waals surface area contributed by atoms with E-state index < -0.39 is 0 Å². The Morgan fingerprint density at radius 1 is 1.30 bits per heavy atom. The predicted molar refractivity (Wildman–Crippen MR) is 40.6 cm³/mol. The van der Waals surface area contributed by atoms with E-state index in [0.717, 1.165) is 6.54 Å². The summed E-state index contributed by atoms with van der Waals surface area (Å²) in [5.74, 6) is 0. The maximum Gasteiger partial charge on any atom is 0.0400 e. The number of rotatable bonds is 2. The Balaban J connectivity index is 2.04. The summed E-state index contributed by atoms with van der Waals surface area (Å²) >= 11 is 0. The Morgan fingerprint density at radius 2 is 1.90 bits per heavy atom. The van der Waals surface area contributed by atoms with E-state index in [1.54, 1.807) is 0 Å². The molecule has 0 aliphatic heterocycles. The lowest BCUT2D eigenvalue weighted by molar-refractivity contribution is 0.545. The first-order valence-corrected chi connectivity index (χ1v) is 3.68. The van der Waals surface area contributed by atoms with Gasteiger partial charge in [0.15, 0.2) is 0 Å². The Bertz CT molecular complexity index is 209. The predicted octanol–water partition coefficient (Wildman–Crippen LogP) is 0.979. The van der Waals surface area contributed by atoms with Crippen molar-refractivity contribution in [3.05, 3.63) is 24.5 Å². The molecule has 1 aromatic heterocycles. The van der Waals surface area contributed by atoms with Crippen molar-refractivity contribution in [2.45, 2.75) is 24.9 Å². The van der Waals surface area contributed by atoms with Crippen LogP contribution >= 0.6 is 0 Å². The van der Waals surface area contributed by atoms with Gasteiger partial charge in [0.2, 0.25) is 0 Å². The smallest absolute Gasteiger partial charge is 0.0400 e. The summed E-state index contributed by atoms with van der Waals surface area (Å²) in [5.41, 5.74) is 6.05. The van der Waals surface area contributed by atoms with Crippen molar-refractivity contribution in [1.29, 1.82) is 0 Å². The third-order valence-corrected chi connectivity index (χ3v) is 2.06. The summed E-state index contributed by atoms with van der Waals surface area (Å²) in [6.07, 6.45) is 6.50. The van der Waals surface area contributed by atoms with Crippen LogP contribution in [-0.4, -0.2) is 10.1 Å². The Kier molecular flexibility index (Phi) is 1.11. The fourth-order valence-electron chi connectivity index (χ4n) is 1.16. The molecule has 0 unspecified atom stereocenters.